The highest BCUT2D eigenvalue weighted by Crippen LogP contribution is 2.37. The number of carbonyl (C=O) groups is 1. The van der Waals surface area contributed by atoms with Gasteiger partial charge in [-0.1, -0.05) is 36.4 Å². The van der Waals surface area contributed by atoms with Crippen LogP contribution in [-0.2, 0) is 17.6 Å². The zero-order chi connectivity index (χ0) is 22.5. The molecule has 7 heteroatoms. The molecule has 0 bridgehead atoms. The summed E-state index contributed by atoms with van der Waals surface area (Å²) in [5.74, 6) is -0.565. The van der Waals surface area contributed by atoms with Gasteiger partial charge >= 0.3 is 0 Å². The quantitative estimate of drug-likeness (QED) is 0.202. The second kappa shape index (κ2) is 10.1. The summed E-state index contributed by atoms with van der Waals surface area (Å²) in [6.45, 7) is 0.905. The van der Waals surface area contributed by atoms with Gasteiger partial charge < -0.3 is 15.2 Å². The van der Waals surface area contributed by atoms with E-state index in [1.54, 1.807) is 11.6 Å². The molecular formula is C25H29N3O4. The molecule has 0 spiro atoms. The van der Waals surface area contributed by atoms with Crippen molar-refractivity contribution in [1.82, 2.24) is 15.4 Å². The number of aliphatic hydroxyl groups is 2. The summed E-state index contributed by atoms with van der Waals surface area (Å²) in [7, 11) is 0. The van der Waals surface area contributed by atoms with Crippen LogP contribution in [0.1, 0.15) is 34.7 Å². The number of hydrogen-bond acceptors (Lipinski definition) is 5. The molecule has 0 aliphatic heterocycles. The fourth-order valence-electron chi connectivity index (χ4n) is 4.61. The van der Waals surface area contributed by atoms with Gasteiger partial charge in [0.15, 0.2) is 0 Å². The van der Waals surface area contributed by atoms with Crippen molar-refractivity contribution in [2.45, 2.75) is 31.4 Å². The summed E-state index contributed by atoms with van der Waals surface area (Å²) in [6, 6.07) is 14.5. The Bertz CT molecular complexity index is 1110. The molecule has 0 saturated heterocycles. The number of fused-ring (bicyclic) bond motifs is 2. The number of hydroxylamine groups is 1. The van der Waals surface area contributed by atoms with Crippen molar-refractivity contribution in [3.63, 3.8) is 0 Å². The smallest absolute Gasteiger partial charge is 0.267 e. The Morgan fingerprint density at radius 2 is 2.12 bits per heavy atom. The fourth-order valence-corrected chi connectivity index (χ4v) is 4.61. The van der Waals surface area contributed by atoms with Crippen LogP contribution in [0.25, 0.3) is 17.0 Å². The number of hydrogen-bond donors (Lipinski definition) is 5. The van der Waals surface area contributed by atoms with Crippen LogP contribution < -0.4 is 5.48 Å². The van der Waals surface area contributed by atoms with Gasteiger partial charge in [0.05, 0.1) is 12.7 Å². The van der Waals surface area contributed by atoms with Gasteiger partial charge in [0.25, 0.3) is 5.91 Å². The van der Waals surface area contributed by atoms with Crippen molar-refractivity contribution in [1.29, 1.82) is 0 Å². The highest BCUT2D eigenvalue weighted by atomic mass is 16.5. The van der Waals surface area contributed by atoms with Crippen LogP contribution in [0.4, 0.5) is 0 Å². The lowest BCUT2D eigenvalue weighted by atomic mass is 10.0. The van der Waals surface area contributed by atoms with Crippen LogP contribution >= 0.6 is 0 Å². The maximum Gasteiger partial charge on any atom is 0.267 e. The Morgan fingerprint density at radius 1 is 1.28 bits per heavy atom. The predicted molar refractivity (Wildman–Crippen MR) is 123 cm³/mol. The Balaban J connectivity index is 1.52. The van der Waals surface area contributed by atoms with Crippen LogP contribution in [0.15, 0.2) is 54.7 Å². The summed E-state index contributed by atoms with van der Waals surface area (Å²) in [5, 5.41) is 29.5. The van der Waals surface area contributed by atoms with E-state index in [9.17, 15) is 15.0 Å². The lowest BCUT2D eigenvalue weighted by Gasteiger charge is -2.31. The van der Waals surface area contributed by atoms with E-state index in [2.05, 4.69) is 40.3 Å². The minimum Gasteiger partial charge on any atom is -0.394 e. The molecule has 2 atom stereocenters. The number of benzene rings is 2. The number of H-pyrrole nitrogens is 1. The number of rotatable bonds is 9. The number of aryl methyl sites for hydroxylation is 1. The van der Waals surface area contributed by atoms with Crippen LogP contribution in [0.2, 0.25) is 0 Å². The lowest BCUT2D eigenvalue weighted by molar-refractivity contribution is -0.124. The highest BCUT2D eigenvalue weighted by molar-refractivity contribution is 5.90. The summed E-state index contributed by atoms with van der Waals surface area (Å²) < 4.78 is 0. The molecule has 1 aliphatic rings. The molecule has 2 aromatic carbocycles. The summed E-state index contributed by atoms with van der Waals surface area (Å²) >= 11 is 0. The molecule has 2 unspecified atom stereocenters. The minimum absolute atomic E-state index is 0.162. The summed E-state index contributed by atoms with van der Waals surface area (Å²) in [6.07, 6.45) is 6.91. The highest BCUT2D eigenvalue weighted by Gasteiger charge is 2.29. The van der Waals surface area contributed by atoms with Gasteiger partial charge in [-0.25, -0.2) is 5.48 Å². The van der Waals surface area contributed by atoms with Crippen molar-refractivity contribution in [2.24, 2.45) is 0 Å². The molecule has 1 amide bonds. The summed E-state index contributed by atoms with van der Waals surface area (Å²) in [5.41, 5.74) is 7.29. The molecule has 168 valence electrons. The first-order valence-corrected chi connectivity index (χ1v) is 10.9. The SMILES string of the molecule is O=C(C=Cc1ccc2c(c1)CCC2N(CCc1c[nH]c2ccccc12)CC(O)CO)NO. The molecule has 7 nitrogen and oxygen atoms in total. The number of aliphatic hydroxyl groups excluding tert-OH is 2. The number of para-hydroxylation sites is 1. The first kappa shape index (κ1) is 22.2. The second-order valence-electron chi connectivity index (χ2n) is 8.26. The maximum absolute atomic E-state index is 11.2. The maximum atomic E-state index is 11.2. The number of aromatic amines is 1. The van der Waals surface area contributed by atoms with Gasteiger partial charge in [-0.2, -0.15) is 0 Å². The number of nitrogens with zero attached hydrogens (tertiary/aromatic N) is 1. The van der Waals surface area contributed by atoms with E-state index in [0.29, 0.717) is 6.54 Å². The van der Waals surface area contributed by atoms with E-state index in [1.165, 1.54) is 28.2 Å². The first-order chi connectivity index (χ1) is 15.6. The molecule has 0 radical (unpaired) electrons. The van der Waals surface area contributed by atoms with Crippen LogP contribution in [0.3, 0.4) is 0 Å². The molecule has 3 aromatic rings. The Kier molecular flexibility index (Phi) is 7.02. The molecule has 0 saturated carbocycles. The Labute approximate surface area is 187 Å². The lowest BCUT2D eigenvalue weighted by Crippen LogP contribution is -2.37. The average Bonchev–Trinajstić information content (AvgIpc) is 3.43. The minimum atomic E-state index is -0.791. The van der Waals surface area contributed by atoms with E-state index < -0.39 is 12.0 Å². The molecule has 1 aromatic heterocycles. The van der Waals surface area contributed by atoms with Crippen LogP contribution in [0.5, 0.6) is 0 Å². The van der Waals surface area contributed by atoms with Crippen molar-refractivity contribution >= 4 is 22.9 Å². The number of carbonyl (C=O) groups excluding carboxylic acids is 1. The molecule has 32 heavy (non-hydrogen) atoms. The van der Waals surface area contributed by atoms with E-state index in [0.717, 1.165) is 36.9 Å². The summed E-state index contributed by atoms with van der Waals surface area (Å²) in [4.78, 5) is 16.8. The van der Waals surface area contributed by atoms with Gasteiger partial charge in [0.1, 0.15) is 0 Å². The van der Waals surface area contributed by atoms with Gasteiger partial charge in [-0.3, -0.25) is 14.9 Å². The molecule has 5 N–H and O–H groups in total. The molecule has 4 rings (SSSR count). The van der Waals surface area contributed by atoms with Crippen molar-refractivity contribution in [3.05, 3.63) is 77.0 Å². The fraction of sp³-hybridized carbons (Fsp3) is 0.320. The monoisotopic (exact) mass is 435 g/mol. The second-order valence-corrected chi connectivity index (χ2v) is 8.26. The van der Waals surface area contributed by atoms with Crippen molar-refractivity contribution in [3.8, 4) is 0 Å². The third kappa shape index (κ3) is 4.92. The number of nitrogens with one attached hydrogen (secondary N) is 2. The van der Waals surface area contributed by atoms with E-state index in [-0.39, 0.29) is 12.6 Å². The zero-order valence-electron chi connectivity index (χ0n) is 17.9. The van der Waals surface area contributed by atoms with Crippen LogP contribution in [-0.4, -0.2) is 57.0 Å². The molecule has 1 aliphatic carbocycles. The third-order valence-electron chi connectivity index (χ3n) is 6.19. The third-order valence-corrected chi connectivity index (χ3v) is 6.19. The first-order valence-electron chi connectivity index (χ1n) is 10.9. The van der Waals surface area contributed by atoms with E-state index in [1.807, 2.05) is 18.2 Å². The van der Waals surface area contributed by atoms with Crippen molar-refractivity contribution < 1.29 is 20.2 Å². The van der Waals surface area contributed by atoms with E-state index in [4.69, 9.17) is 5.21 Å². The van der Waals surface area contributed by atoms with Gasteiger partial charge in [-0.05, 0) is 53.7 Å². The topological polar surface area (TPSA) is 109 Å². The van der Waals surface area contributed by atoms with Crippen LogP contribution in [0, 0.1) is 0 Å². The Morgan fingerprint density at radius 3 is 2.94 bits per heavy atom. The average molecular weight is 436 g/mol. The number of aromatic nitrogens is 1. The molecular weight excluding hydrogens is 406 g/mol. The standard InChI is InChI=1S/C25H29N3O4/c29-16-20(30)15-28(12-11-19-14-26-23-4-2-1-3-21(19)23)24-9-7-18-13-17(5-8-22(18)24)6-10-25(31)27-32/h1-6,8,10,13-14,20,24,26,29-30,32H,7,9,11-12,15-16H2,(H,27,31). The van der Waals surface area contributed by atoms with Gasteiger partial charge in [0.2, 0.25) is 0 Å². The van der Waals surface area contributed by atoms with Gasteiger partial charge in [-0.15, -0.1) is 0 Å². The molecule has 0 fully saturated rings. The zero-order valence-corrected chi connectivity index (χ0v) is 17.9. The predicted octanol–water partition coefficient (Wildman–Crippen LogP) is 2.57. The van der Waals surface area contributed by atoms with E-state index >= 15 is 0 Å². The normalized spacial score (nSPS) is 16.7. The number of amides is 1. The Hall–Kier alpha value is -2.97. The largest absolute Gasteiger partial charge is 0.394 e. The molecule has 1 heterocycles. The van der Waals surface area contributed by atoms with Crippen molar-refractivity contribution in [2.75, 3.05) is 19.7 Å². The van der Waals surface area contributed by atoms with Gasteiger partial charge in [0, 0.05) is 42.3 Å².